The average Bonchev–Trinajstić information content (AvgIpc) is 2.76. The monoisotopic (exact) mass is 435 g/mol. The predicted molar refractivity (Wildman–Crippen MR) is 117 cm³/mol. The highest BCUT2D eigenvalue weighted by atomic mass is 19.1. The van der Waals surface area contributed by atoms with Crippen LogP contribution < -0.4 is 10.9 Å². The zero-order chi connectivity index (χ0) is 23.1. The Labute approximate surface area is 182 Å². The molecule has 1 heterocycles. The molecule has 0 bridgehead atoms. The van der Waals surface area contributed by atoms with Crippen molar-refractivity contribution in [1.82, 2.24) is 15.8 Å². The van der Waals surface area contributed by atoms with E-state index >= 15 is 0 Å². The van der Waals surface area contributed by atoms with Crippen LogP contribution in [-0.4, -0.2) is 29.2 Å². The molecule has 0 aliphatic heterocycles. The van der Waals surface area contributed by atoms with Crippen molar-refractivity contribution in [3.63, 3.8) is 0 Å². The van der Waals surface area contributed by atoms with Crippen LogP contribution in [0.4, 0.5) is 8.78 Å². The van der Waals surface area contributed by atoms with Crippen LogP contribution in [0.25, 0.3) is 0 Å². The fourth-order valence-electron chi connectivity index (χ4n) is 2.73. The number of nitrogens with one attached hydrogen (secondary N) is 2. The molecule has 0 aliphatic carbocycles. The van der Waals surface area contributed by atoms with Crippen LogP contribution in [0.1, 0.15) is 43.2 Å². The Bertz CT molecular complexity index is 1100. The summed E-state index contributed by atoms with van der Waals surface area (Å²) >= 11 is 0. The third-order valence-electron chi connectivity index (χ3n) is 4.39. The van der Waals surface area contributed by atoms with Crippen LogP contribution in [0.3, 0.4) is 0 Å². The second kappa shape index (κ2) is 10.2. The van der Waals surface area contributed by atoms with Crippen LogP contribution in [-0.2, 0) is 0 Å². The van der Waals surface area contributed by atoms with Crippen molar-refractivity contribution in [2.75, 3.05) is 0 Å². The number of aromatic nitrogens is 1. The summed E-state index contributed by atoms with van der Waals surface area (Å²) in [5.74, 6) is -1.87. The van der Waals surface area contributed by atoms with Crippen molar-refractivity contribution in [1.29, 1.82) is 0 Å². The Morgan fingerprint density at radius 3 is 1.50 bits per heavy atom. The number of pyridine rings is 1. The van der Waals surface area contributed by atoms with Gasteiger partial charge >= 0.3 is 0 Å². The number of nitrogens with zero attached hydrogens (tertiary/aromatic N) is 3. The lowest BCUT2D eigenvalue weighted by Crippen LogP contribution is -2.23. The summed E-state index contributed by atoms with van der Waals surface area (Å²) in [7, 11) is 0. The van der Waals surface area contributed by atoms with E-state index in [1.54, 1.807) is 13.8 Å². The van der Waals surface area contributed by atoms with Gasteiger partial charge in [0.15, 0.2) is 0 Å². The highest BCUT2D eigenvalue weighted by molar-refractivity contribution is 6.01. The van der Waals surface area contributed by atoms with Crippen LogP contribution >= 0.6 is 0 Å². The van der Waals surface area contributed by atoms with Gasteiger partial charge in [-0.25, -0.2) is 19.6 Å². The largest absolute Gasteiger partial charge is 0.273 e. The van der Waals surface area contributed by atoms with Gasteiger partial charge in [0.05, 0.1) is 34.9 Å². The molecular formula is C23H19F2N5O2. The van der Waals surface area contributed by atoms with Crippen molar-refractivity contribution < 1.29 is 18.4 Å². The van der Waals surface area contributed by atoms with E-state index in [0.29, 0.717) is 22.5 Å². The number of hydrogen-bond acceptors (Lipinski definition) is 5. The Hall–Kier alpha value is -4.27. The molecule has 0 saturated heterocycles. The lowest BCUT2D eigenvalue weighted by molar-refractivity contribution is 0.0954. The number of amides is 2. The molecule has 3 aromatic rings. The number of rotatable bonds is 6. The van der Waals surface area contributed by atoms with Gasteiger partial charge in [0.1, 0.15) is 11.6 Å². The summed E-state index contributed by atoms with van der Waals surface area (Å²) in [5.41, 5.74) is 7.10. The van der Waals surface area contributed by atoms with E-state index in [-0.39, 0.29) is 22.8 Å². The van der Waals surface area contributed by atoms with Crippen molar-refractivity contribution in [2.24, 2.45) is 10.2 Å². The summed E-state index contributed by atoms with van der Waals surface area (Å²) < 4.78 is 25.9. The normalized spacial score (nSPS) is 11.1. The topological polar surface area (TPSA) is 95.8 Å². The number of aryl methyl sites for hydroxylation is 2. The first-order valence-electron chi connectivity index (χ1n) is 9.49. The molecule has 0 saturated carbocycles. The van der Waals surface area contributed by atoms with E-state index in [9.17, 15) is 18.4 Å². The number of hydrazone groups is 2. The van der Waals surface area contributed by atoms with E-state index in [0.717, 1.165) is 0 Å². The number of benzene rings is 2. The third kappa shape index (κ3) is 5.88. The molecule has 162 valence electrons. The fourth-order valence-corrected chi connectivity index (χ4v) is 2.73. The van der Waals surface area contributed by atoms with E-state index in [1.165, 1.54) is 67.0 Å². The maximum atomic E-state index is 12.9. The quantitative estimate of drug-likeness (QED) is 0.458. The number of halogens is 2. The van der Waals surface area contributed by atoms with Gasteiger partial charge in [0, 0.05) is 0 Å². The van der Waals surface area contributed by atoms with Gasteiger partial charge < -0.3 is 0 Å². The summed E-state index contributed by atoms with van der Waals surface area (Å²) in [6, 6.07) is 12.6. The minimum absolute atomic E-state index is 0.166. The number of carbonyl (C=O) groups excluding carboxylic acids is 2. The van der Waals surface area contributed by atoms with Gasteiger partial charge in [-0.1, -0.05) is 24.3 Å². The molecule has 0 atom stereocenters. The molecule has 0 fully saturated rings. The molecule has 7 nitrogen and oxygen atoms in total. The molecule has 32 heavy (non-hydrogen) atoms. The number of carbonyl (C=O) groups is 2. The molecule has 0 unspecified atom stereocenters. The third-order valence-corrected chi connectivity index (χ3v) is 4.39. The summed E-state index contributed by atoms with van der Waals surface area (Å²) in [4.78, 5) is 29.3. The Balaban J connectivity index is 1.69. The van der Waals surface area contributed by atoms with Crippen LogP contribution in [0, 0.1) is 25.5 Å². The minimum Gasteiger partial charge on any atom is -0.267 e. The maximum absolute atomic E-state index is 12.9. The van der Waals surface area contributed by atoms with Crippen molar-refractivity contribution >= 4 is 24.2 Å². The van der Waals surface area contributed by atoms with Gasteiger partial charge in [-0.3, -0.25) is 14.6 Å². The summed E-state index contributed by atoms with van der Waals surface area (Å²) in [6.07, 6.45) is 2.73. The SMILES string of the molecule is Cc1nc(C)c(C(=O)N/N=C\c2ccc(F)cc2)cc1C(=O)N/N=C\c1ccc(F)cc1. The molecule has 3 rings (SSSR count). The smallest absolute Gasteiger partial charge is 0.267 e. The first-order chi connectivity index (χ1) is 15.3. The van der Waals surface area contributed by atoms with Crippen LogP contribution in [0.15, 0.2) is 64.8 Å². The fraction of sp³-hybridized carbons (Fsp3) is 0.0870. The Morgan fingerprint density at radius 2 is 1.12 bits per heavy atom. The molecule has 2 aromatic carbocycles. The van der Waals surface area contributed by atoms with Gasteiger partial charge in [-0.05, 0) is 55.3 Å². The Kier molecular flexibility index (Phi) is 7.12. The molecule has 2 N–H and O–H groups in total. The standard InChI is InChI=1S/C23H19F2N5O2/c1-14-20(22(31)29-26-12-16-3-7-18(24)8-4-16)11-21(15(2)28-14)23(32)30-27-13-17-5-9-19(25)10-6-17/h3-13H,1-2H3,(H,29,31)(H,30,32)/b26-12-,27-13-. The van der Waals surface area contributed by atoms with Crippen LogP contribution in [0.2, 0.25) is 0 Å². The maximum Gasteiger partial charge on any atom is 0.273 e. The summed E-state index contributed by atoms with van der Waals surface area (Å²) in [6.45, 7) is 3.28. The van der Waals surface area contributed by atoms with Crippen molar-refractivity contribution in [2.45, 2.75) is 13.8 Å². The van der Waals surface area contributed by atoms with E-state index < -0.39 is 11.8 Å². The Morgan fingerprint density at radius 1 is 0.750 bits per heavy atom. The molecular weight excluding hydrogens is 416 g/mol. The van der Waals surface area contributed by atoms with E-state index in [4.69, 9.17) is 0 Å². The molecule has 1 aromatic heterocycles. The van der Waals surface area contributed by atoms with Gasteiger partial charge in [0.2, 0.25) is 0 Å². The highest BCUT2D eigenvalue weighted by Crippen LogP contribution is 2.13. The minimum atomic E-state index is -0.558. The molecule has 9 heteroatoms. The molecule has 0 aliphatic rings. The first kappa shape index (κ1) is 22.4. The highest BCUT2D eigenvalue weighted by Gasteiger charge is 2.17. The summed E-state index contributed by atoms with van der Waals surface area (Å²) in [5, 5.41) is 7.70. The number of hydrogen-bond donors (Lipinski definition) is 2. The average molecular weight is 435 g/mol. The first-order valence-corrected chi connectivity index (χ1v) is 9.49. The molecule has 0 spiro atoms. The van der Waals surface area contributed by atoms with Crippen molar-refractivity contribution in [3.05, 3.63) is 99.9 Å². The van der Waals surface area contributed by atoms with E-state index in [1.807, 2.05) is 0 Å². The lowest BCUT2D eigenvalue weighted by Gasteiger charge is -2.09. The van der Waals surface area contributed by atoms with E-state index in [2.05, 4.69) is 26.0 Å². The second-order valence-electron chi connectivity index (χ2n) is 6.76. The van der Waals surface area contributed by atoms with Crippen molar-refractivity contribution in [3.8, 4) is 0 Å². The predicted octanol–water partition coefficient (Wildman–Crippen LogP) is 3.50. The van der Waals surface area contributed by atoms with Crippen LogP contribution in [0.5, 0.6) is 0 Å². The van der Waals surface area contributed by atoms with Gasteiger partial charge in [0.25, 0.3) is 11.8 Å². The lowest BCUT2D eigenvalue weighted by atomic mass is 10.1. The zero-order valence-electron chi connectivity index (χ0n) is 17.3. The zero-order valence-corrected chi connectivity index (χ0v) is 17.3. The van der Waals surface area contributed by atoms with Gasteiger partial charge in [-0.15, -0.1) is 0 Å². The molecule has 2 amide bonds. The molecule has 0 radical (unpaired) electrons. The van der Waals surface area contributed by atoms with Gasteiger partial charge in [-0.2, -0.15) is 10.2 Å². The second-order valence-corrected chi connectivity index (χ2v) is 6.76.